The minimum absolute atomic E-state index is 0.0921. The maximum Gasteiger partial charge on any atom is 0.0692 e. The van der Waals surface area contributed by atoms with E-state index in [1.54, 1.807) is 0 Å². The molecule has 1 aliphatic carbocycles. The van der Waals surface area contributed by atoms with Gasteiger partial charge in [-0.05, 0) is 160 Å². The van der Waals surface area contributed by atoms with E-state index in [0.717, 1.165) is 45.4 Å². The van der Waals surface area contributed by atoms with Gasteiger partial charge in [-0.3, -0.25) is 0 Å². The first-order valence-electron chi connectivity index (χ1n) is 25.3. The van der Waals surface area contributed by atoms with E-state index in [0.29, 0.717) is 0 Å². The Balaban J connectivity index is 0.846. The maximum absolute atomic E-state index is 2.54. The van der Waals surface area contributed by atoms with Crippen LogP contribution >= 0.6 is 23.5 Å². The number of hydrogen-bond donors (Lipinski definition) is 0. The van der Waals surface area contributed by atoms with Crippen molar-refractivity contribution in [2.75, 3.05) is 9.80 Å². The molecule has 0 fully saturated rings. The summed E-state index contributed by atoms with van der Waals surface area (Å²) in [7, 11) is 0. The Morgan fingerprint density at radius 1 is 0.338 bits per heavy atom. The lowest BCUT2D eigenvalue weighted by Crippen LogP contribution is -2.14. The third-order valence-electron chi connectivity index (χ3n) is 15.0. The molecule has 0 saturated carbocycles. The Bertz CT molecular complexity index is 4020. The van der Waals surface area contributed by atoms with Gasteiger partial charge in [-0.15, -0.1) is 0 Å². The minimum Gasteiger partial charge on any atom is -0.311 e. The number of benzene rings is 11. The summed E-state index contributed by atoms with van der Waals surface area (Å²) in [5, 5.41) is 2.59. The molecule has 0 atom stereocenters. The van der Waals surface area contributed by atoms with Crippen LogP contribution in [0.2, 0.25) is 0 Å². The van der Waals surface area contributed by atoms with E-state index in [2.05, 4.69) is 289 Å². The van der Waals surface area contributed by atoms with Crippen molar-refractivity contribution in [2.45, 2.75) is 38.8 Å². The van der Waals surface area contributed by atoms with E-state index in [1.807, 2.05) is 23.5 Å². The van der Waals surface area contributed by atoms with Gasteiger partial charge in [0.1, 0.15) is 0 Å². The van der Waals surface area contributed by atoms with Gasteiger partial charge in [0.25, 0.3) is 0 Å². The fourth-order valence-electron chi connectivity index (χ4n) is 11.4. The summed E-state index contributed by atoms with van der Waals surface area (Å²) in [6.07, 6.45) is 0. The quantitative estimate of drug-likeness (QED) is 0.143. The van der Waals surface area contributed by atoms with Crippen LogP contribution < -0.4 is 9.80 Å². The van der Waals surface area contributed by atoms with E-state index in [9.17, 15) is 0 Å². The normalized spacial score (nSPS) is 13.0. The van der Waals surface area contributed by atoms with Crippen LogP contribution in [0.4, 0.5) is 34.1 Å². The van der Waals surface area contributed by atoms with Gasteiger partial charge >= 0.3 is 0 Å². The molecule has 12 aromatic rings. The predicted molar refractivity (Wildman–Crippen MR) is 313 cm³/mol. The molecule has 0 radical (unpaired) electrons. The van der Waals surface area contributed by atoms with Gasteiger partial charge in [0.2, 0.25) is 0 Å². The first kappa shape index (κ1) is 44.2. The smallest absolute Gasteiger partial charge is 0.0692 e. The average Bonchev–Trinajstić information content (AvgIpc) is 3.97. The number of aromatic nitrogens is 1. The predicted octanol–water partition coefficient (Wildman–Crippen LogP) is 20.0. The van der Waals surface area contributed by atoms with Gasteiger partial charge in [0.05, 0.1) is 15.9 Å². The molecule has 74 heavy (non-hydrogen) atoms. The van der Waals surface area contributed by atoms with Crippen LogP contribution in [-0.2, 0) is 5.41 Å². The molecule has 2 aliphatic rings. The van der Waals surface area contributed by atoms with Crippen molar-refractivity contribution in [3.63, 3.8) is 0 Å². The second-order valence-electron chi connectivity index (χ2n) is 19.7. The van der Waals surface area contributed by atoms with Crippen molar-refractivity contribution in [2.24, 2.45) is 0 Å². The van der Waals surface area contributed by atoms with Crippen LogP contribution in [-0.4, -0.2) is 4.57 Å². The Morgan fingerprint density at radius 2 is 0.784 bits per heavy atom. The number of hydrogen-bond acceptors (Lipinski definition) is 4. The molecule has 11 aromatic carbocycles. The SMILES string of the molecule is CC1(C)c2ccccc2-c2cc3c(cc21)c1ccc2c(c1n3-c1ccc(-c3ccc(N(c4ccc(-c5ccccc5)cc4)c4ccc(N(c5ccccc5)c5ccccc5)cc4)cc3)cc1)Sc1ccccc1S2. The molecular formula is C69H49N3S2. The van der Waals surface area contributed by atoms with E-state index in [1.165, 1.54) is 80.3 Å². The van der Waals surface area contributed by atoms with E-state index in [-0.39, 0.29) is 5.41 Å². The lowest BCUT2D eigenvalue weighted by Gasteiger charge is -2.28. The summed E-state index contributed by atoms with van der Waals surface area (Å²) >= 11 is 3.79. The minimum atomic E-state index is -0.0921. The highest BCUT2D eigenvalue weighted by atomic mass is 32.2. The lowest BCUT2D eigenvalue weighted by molar-refractivity contribution is 0.661. The van der Waals surface area contributed by atoms with Crippen molar-refractivity contribution in [1.82, 2.24) is 4.57 Å². The molecule has 352 valence electrons. The van der Waals surface area contributed by atoms with Gasteiger partial charge in [0.15, 0.2) is 0 Å². The van der Waals surface area contributed by atoms with Gasteiger partial charge in [-0.25, -0.2) is 0 Å². The molecule has 0 amide bonds. The monoisotopic (exact) mass is 983 g/mol. The highest BCUT2D eigenvalue weighted by Crippen LogP contribution is 2.55. The maximum atomic E-state index is 2.54. The van der Waals surface area contributed by atoms with E-state index < -0.39 is 0 Å². The summed E-state index contributed by atoms with van der Waals surface area (Å²) in [5.74, 6) is 0. The molecular weight excluding hydrogens is 935 g/mol. The summed E-state index contributed by atoms with van der Waals surface area (Å²) in [4.78, 5) is 9.91. The summed E-state index contributed by atoms with van der Waals surface area (Å²) in [6, 6.07) is 95.4. The summed E-state index contributed by atoms with van der Waals surface area (Å²) in [6.45, 7) is 4.76. The van der Waals surface area contributed by atoms with Crippen LogP contribution in [0.3, 0.4) is 0 Å². The van der Waals surface area contributed by atoms with Gasteiger partial charge in [-0.1, -0.05) is 183 Å². The lowest BCUT2D eigenvalue weighted by atomic mass is 9.82. The molecule has 0 unspecified atom stereocenters. The number of para-hydroxylation sites is 2. The van der Waals surface area contributed by atoms with Crippen molar-refractivity contribution in [1.29, 1.82) is 0 Å². The molecule has 1 aromatic heterocycles. The van der Waals surface area contributed by atoms with Crippen molar-refractivity contribution >= 4 is 79.5 Å². The van der Waals surface area contributed by atoms with Gasteiger partial charge in [-0.2, -0.15) is 0 Å². The third-order valence-corrected chi connectivity index (χ3v) is 17.6. The molecule has 0 bridgehead atoms. The Morgan fingerprint density at radius 3 is 1.35 bits per heavy atom. The first-order chi connectivity index (χ1) is 36.4. The molecule has 3 nitrogen and oxygen atoms in total. The number of nitrogens with zero attached hydrogens (tertiary/aromatic N) is 3. The van der Waals surface area contributed by atoms with Crippen molar-refractivity contribution in [3.05, 3.63) is 272 Å². The van der Waals surface area contributed by atoms with Crippen LogP contribution in [0.1, 0.15) is 25.0 Å². The second kappa shape index (κ2) is 17.9. The first-order valence-corrected chi connectivity index (χ1v) is 26.9. The third kappa shape index (κ3) is 7.45. The zero-order valence-corrected chi connectivity index (χ0v) is 42.6. The molecule has 1 aliphatic heterocycles. The topological polar surface area (TPSA) is 11.4 Å². The number of anilines is 6. The molecule has 5 heteroatoms. The van der Waals surface area contributed by atoms with E-state index in [4.69, 9.17) is 0 Å². The highest BCUT2D eigenvalue weighted by Gasteiger charge is 2.36. The second-order valence-corrected chi connectivity index (χ2v) is 21.9. The Hall–Kier alpha value is -8.48. The fourth-order valence-corrected chi connectivity index (χ4v) is 13.8. The standard InChI is InChI=1S/C69H49N3S2/c1-69(2)61-23-13-12-22-57(61)59-45-63-60(44-62(59)69)58-42-43-66-68(74-65-25-15-14-24-64(65)73-66)67(58)72(63)56-36-30-49(31-37-56)48-28-34-53(35-29-48)71(52-32-26-47(27-33-52)46-16-6-3-7-17-46)55-40-38-54(39-41-55)70(50-18-8-4-9-19-50)51-20-10-5-11-21-51/h3-45H,1-2H3. The van der Waals surface area contributed by atoms with Crippen molar-refractivity contribution in [3.8, 4) is 39.1 Å². The highest BCUT2D eigenvalue weighted by molar-refractivity contribution is 8.05. The van der Waals surface area contributed by atoms with Crippen molar-refractivity contribution < 1.29 is 0 Å². The van der Waals surface area contributed by atoms with Crippen LogP contribution in [0.5, 0.6) is 0 Å². The zero-order valence-electron chi connectivity index (χ0n) is 41.0. The molecule has 0 saturated heterocycles. The fraction of sp³-hybridized carbons (Fsp3) is 0.0435. The molecule has 14 rings (SSSR count). The van der Waals surface area contributed by atoms with Gasteiger partial charge < -0.3 is 14.4 Å². The van der Waals surface area contributed by atoms with Crippen LogP contribution in [0.25, 0.3) is 60.9 Å². The van der Waals surface area contributed by atoms with Crippen LogP contribution in [0.15, 0.2) is 280 Å². The van der Waals surface area contributed by atoms with Gasteiger partial charge in [0, 0.05) is 70.7 Å². The average molecular weight is 984 g/mol. The molecule has 2 heterocycles. The Kier molecular flexibility index (Phi) is 10.7. The Labute approximate surface area is 441 Å². The van der Waals surface area contributed by atoms with Crippen LogP contribution in [0, 0.1) is 0 Å². The largest absolute Gasteiger partial charge is 0.311 e. The zero-order chi connectivity index (χ0) is 49.3. The summed E-state index contributed by atoms with van der Waals surface area (Å²) in [5.41, 5.74) is 20.3. The number of rotatable bonds is 9. The molecule has 0 spiro atoms. The summed E-state index contributed by atoms with van der Waals surface area (Å²) < 4.78 is 2.54. The molecule has 0 N–H and O–H groups in total. The van der Waals surface area contributed by atoms with E-state index >= 15 is 0 Å². The number of fused-ring (bicyclic) bond motifs is 9.